The van der Waals surface area contributed by atoms with E-state index in [2.05, 4.69) is 22.9 Å². The Morgan fingerprint density at radius 2 is 2.16 bits per heavy atom. The molecule has 0 aliphatic carbocycles. The van der Waals surface area contributed by atoms with Gasteiger partial charge in [-0.2, -0.15) is 11.8 Å². The van der Waals surface area contributed by atoms with E-state index in [0.29, 0.717) is 22.5 Å². The molecule has 2 atom stereocenters. The molecule has 104 valence electrons. The van der Waals surface area contributed by atoms with Crippen LogP contribution in [0, 0.1) is 0 Å². The molecule has 1 fully saturated rings. The van der Waals surface area contributed by atoms with Gasteiger partial charge in [-0.1, -0.05) is 40.5 Å². The third-order valence-corrected chi connectivity index (χ3v) is 7.29. The molecule has 1 saturated heterocycles. The van der Waals surface area contributed by atoms with Crippen molar-refractivity contribution in [3.63, 3.8) is 0 Å². The smallest absolute Gasteiger partial charge is 0.151 e. The molecule has 1 heterocycles. The van der Waals surface area contributed by atoms with Crippen molar-refractivity contribution in [3.8, 4) is 0 Å². The summed E-state index contributed by atoms with van der Waals surface area (Å²) in [5.41, 5.74) is 0.931. The minimum Gasteiger partial charge on any atom is -0.298 e. The van der Waals surface area contributed by atoms with E-state index in [4.69, 9.17) is 11.6 Å². The van der Waals surface area contributed by atoms with Gasteiger partial charge in [0.1, 0.15) is 0 Å². The maximum Gasteiger partial charge on any atom is 0.151 e. The third kappa shape index (κ3) is 4.16. The van der Waals surface area contributed by atoms with Crippen molar-refractivity contribution in [2.45, 2.75) is 30.3 Å². The summed E-state index contributed by atoms with van der Waals surface area (Å²) in [4.78, 5) is 12.5. The van der Waals surface area contributed by atoms with Gasteiger partial charge in [-0.25, -0.2) is 0 Å². The van der Waals surface area contributed by atoms with Gasteiger partial charge < -0.3 is 0 Å². The maximum atomic E-state index is 12.5. The molecule has 1 aromatic rings. The SMILES string of the molecule is CCC1SCCSC1C(=O)Cc1ccc(Br)cc1Cl. The summed E-state index contributed by atoms with van der Waals surface area (Å²) in [6.07, 6.45) is 1.50. The van der Waals surface area contributed by atoms with E-state index in [0.717, 1.165) is 28.0 Å². The quantitative estimate of drug-likeness (QED) is 0.745. The predicted octanol–water partition coefficient (Wildman–Crippen LogP) is 4.84. The lowest BCUT2D eigenvalue weighted by Gasteiger charge is -2.28. The number of rotatable bonds is 4. The highest BCUT2D eigenvalue weighted by atomic mass is 79.9. The van der Waals surface area contributed by atoms with Crippen LogP contribution in [0.3, 0.4) is 0 Å². The van der Waals surface area contributed by atoms with Crippen LogP contribution in [-0.2, 0) is 11.2 Å². The van der Waals surface area contributed by atoms with Gasteiger partial charge in [-0.15, -0.1) is 11.8 Å². The number of carbonyl (C=O) groups is 1. The predicted molar refractivity (Wildman–Crippen MR) is 90.6 cm³/mol. The Kier molecular flexibility index (Phi) is 6.12. The number of carbonyl (C=O) groups excluding carboxylic acids is 1. The minimum atomic E-state index is 0.128. The summed E-state index contributed by atoms with van der Waals surface area (Å²) in [5.74, 6) is 2.55. The number of Topliss-reactive ketones (excluding diaryl/α,β-unsaturated/α-hetero) is 1. The first-order valence-electron chi connectivity index (χ1n) is 6.31. The van der Waals surface area contributed by atoms with E-state index >= 15 is 0 Å². The van der Waals surface area contributed by atoms with E-state index in [-0.39, 0.29) is 5.25 Å². The van der Waals surface area contributed by atoms with Crippen LogP contribution in [-0.4, -0.2) is 27.8 Å². The zero-order valence-corrected chi connectivity index (χ0v) is 14.7. The number of thioether (sulfide) groups is 2. The highest BCUT2D eigenvalue weighted by Gasteiger charge is 2.30. The molecule has 1 aromatic carbocycles. The van der Waals surface area contributed by atoms with Crippen LogP contribution in [0.25, 0.3) is 0 Å². The summed E-state index contributed by atoms with van der Waals surface area (Å²) >= 11 is 13.3. The van der Waals surface area contributed by atoms with Gasteiger partial charge in [0.25, 0.3) is 0 Å². The van der Waals surface area contributed by atoms with E-state index in [9.17, 15) is 4.79 Å². The molecule has 0 bridgehead atoms. The third-order valence-electron chi connectivity index (χ3n) is 3.15. The van der Waals surface area contributed by atoms with Crippen molar-refractivity contribution < 1.29 is 4.79 Å². The molecule has 2 rings (SSSR count). The molecule has 19 heavy (non-hydrogen) atoms. The molecule has 0 spiro atoms. The van der Waals surface area contributed by atoms with Gasteiger partial charge in [0.15, 0.2) is 5.78 Å². The fourth-order valence-corrected chi connectivity index (χ4v) is 5.93. The van der Waals surface area contributed by atoms with Crippen molar-refractivity contribution in [1.29, 1.82) is 0 Å². The first kappa shape index (κ1) is 15.7. The first-order valence-corrected chi connectivity index (χ1v) is 9.58. The number of hydrogen-bond acceptors (Lipinski definition) is 3. The average molecular weight is 380 g/mol. The van der Waals surface area contributed by atoms with Gasteiger partial charge in [0.2, 0.25) is 0 Å². The number of benzene rings is 1. The highest BCUT2D eigenvalue weighted by molar-refractivity contribution is 9.10. The lowest BCUT2D eigenvalue weighted by Crippen LogP contribution is -2.33. The Morgan fingerprint density at radius 3 is 2.84 bits per heavy atom. The molecule has 2 unspecified atom stereocenters. The lowest BCUT2D eigenvalue weighted by atomic mass is 10.0. The Balaban J connectivity index is 2.07. The minimum absolute atomic E-state index is 0.128. The topological polar surface area (TPSA) is 17.1 Å². The molecule has 0 radical (unpaired) electrons. The highest BCUT2D eigenvalue weighted by Crippen LogP contribution is 2.35. The van der Waals surface area contributed by atoms with Gasteiger partial charge in [0.05, 0.1) is 5.25 Å². The van der Waals surface area contributed by atoms with Gasteiger partial charge in [0, 0.05) is 32.7 Å². The molecule has 0 saturated carbocycles. The standard InChI is InChI=1S/C14H16BrClOS2/c1-2-13-14(19-6-5-18-13)12(17)7-9-3-4-10(15)8-11(9)16/h3-4,8,13-14H,2,5-7H2,1H3. The zero-order chi connectivity index (χ0) is 13.8. The largest absolute Gasteiger partial charge is 0.298 e. The summed E-state index contributed by atoms with van der Waals surface area (Å²) in [6, 6.07) is 5.73. The number of hydrogen-bond donors (Lipinski definition) is 0. The molecule has 0 aromatic heterocycles. The van der Waals surface area contributed by atoms with E-state index in [1.807, 2.05) is 41.7 Å². The van der Waals surface area contributed by atoms with E-state index in [1.54, 1.807) is 0 Å². The van der Waals surface area contributed by atoms with Crippen LogP contribution >= 0.6 is 51.1 Å². The Morgan fingerprint density at radius 1 is 1.42 bits per heavy atom. The van der Waals surface area contributed by atoms with Crippen molar-refractivity contribution in [2.24, 2.45) is 0 Å². The zero-order valence-electron chi connectivity index (χ0n) is 10.7. The molecule has 5 heteroatoms. The normalized spacial score (nSPS) is 23.3. The first-order chi connectivity index (χ1) is 9.11. The fraction of sp³-hybridized carbons (Fsp3) is 0.500. The van der Waals surface area contributed by atoms with Crippen LogP contribution < -0.4 is 0 Å². The molecular formula is C14H16BrClOS2. The average Bonchev–Trinajstić information content (AvgIpc) is 2.41. The van der Waals surface area contributed by atoms with Crippen LogP contribution in [0.5, 0.6) is 0 Å². The van der Waals surface area contributed by atoms with Gasteiger partial charge >= 0.3 is 0 Å². The Bertz CT molecular complexity index is 467. The van der Waals surface area contributed by atoms with Crippen molar-refractivity contribution >= 4 is 56.8 Å². The summed E-state index contributed by atoms with van der Waals surface area (Å²) in [6.45, 7) is 2.16. The van der Waals surface area contributed by atoms with Crippen molar-refractivity contribution in [3.05, 3.63) is 33.3 Å². The number of halogens is 2. The molecule has 1 nitrogen and oxygen atoms in total. The molecule has 0 amide bonds. The summed E-state index contributed by atoms with van der Waals surface area (Å²) in [7, 11) is 0. The van der Waals surface area contributed by atoms with Crippen LogP contribution in [0.4, 0.5) is 0 Å². The van der Waals surface area contributed by atoms with Crippen LogP contribution in [0.2, 0.25) is 5.02 Å². The van der Waals surface area contributed by atoms with E-state index < -0.39 is 0 Å². The molecule has 1 aliphatic rings. The van der Waals surface area contributed by atoms with E-state index in [1.165, 1.54) is 0 Å². The second-order valence-corrected chi connectivity index (χ2v) is 8.41. The van der Waals surface area contributed by atoms with Gasteiger partial charge in [-0.3, -0.25) is 4.79 Å². The monoisotopic (exact) mass is 378 g/mol. The second kappa shape index (κ2) is 7.39. The summed E-state index contributed by atoms with van der Waals surface area (Å²) < 4.78 is 0.947. The lowest BCUT2D eigenvalue weighted by molar-refractivity contribution is -0.117. The maximum absolute atomic E-state index is 12.5. The fourth-order valence-electron chi connectivity index (χ4n) is 2.15. The van der Waals surface area contributed by atoms with Crippen LogP contribution in [0.15, 0.2) is 22.7 Å². The molecular weight excluding hydrogens is 364 g/mol. The van der Waals surface area contributed by atoms with Crippen LogP contribution in [0.1, 0.15) is 18.9 Å². The molecule has 0 N–H and O–H groups in total. The second-order valence-electron chi connectivity index (χ2n) is 4.49. The number of ketones is 1. The van der Waals surface area contributed by atoms with Crippen molar-refractivity contribution in [1.82, 2.24) is 0 Å². The Labute approximate surface area is 136 Å². The van der Waals surface area contributed by atoms with Crippen molar-refractivity contribution in [2.75, 3.05) is 11.5 Å². The Hall–Kier alpha value is 0.360. The van der Waals surface area contributed by atoms with Gasteiger partial charge in [-0.05, 0) is 24.1 Å². The summed E-state index contributed by atoms with van der Waals surface area (Å²) in [5, 5.41) is 1.26. The molecule has 1 aliphatic heterocycles.